The van der Waals surface area contributed by atoms with E-state index in [2.05, 4.69) is 65.4 Å². The maximum atomic E-state index is 11.7. The van der Waals surface area contributed by atoms with Crippen LogP contribution < -0.4 is 21.7 Å². The van der Waals surface area contributed by atoms with Gasteiger partial charge in [-0.05, 0) is 23.1 Å². The van der Waals surface area contributed by atoms with Crippen LogP contribution >= 0.6 is 0 Å². The molecule has 6 heteroatoms. The van der Waals surface area contributed by atoms with Gasteiger partial charge in [0.25, 0.3) is 0 Å². The average Bonchev–Trinajstić information content (AvgIpc) is 2.70. The van der Waals surface area contributed by atoms with Crippen LogP contribution in [0.15, 0.2) is 78.6 Å². The summed E-state index contributed by atoms with van der Waals surface area (Å²) in [5, 5.41) is 9.16. The molecule has 2 aliphatic heterocycles. The van der Waals surface area contributed by atoms with Crippen LogP contribution in [0.4, 0.5) is 0 Å². The molecule has 0 spiro atoms. The van der Waals surface area contributed by atoms with E-state index in [9.17, 15) is 4.79 Å². The maximum absolute atomic E-state index is 11.7. The number of hydrogen-bond acceptors (Lipinski definition) is 5. The minimum atomic E-state index is -0.156. The van der Waals surface area contributed by atoms with Crippen LogP contribution in [0.25, 0.3) is 0 Å². The van der Waals surface area contributed by atoms with E-state index in [0.717, 1.165) is 47.7 Å². The minimum absolute atomic E-state index is 0.0515. The largest absolute Gasteiger partial charge is 0.397 e. The van der Waals surface area contributed by atoms with Crippen LogP contribution in [0.2, 0.25) is 0 Å². The van der Waals surface area contributed by atoms with Crippen LogP contribution in [0, 0.1) is 0 Å². The molecule has 0 saturated carbocycles. The molecule has 0 bridgehead atoms. The van der Waals surface area contributed by atoms with Gasteiger partial charge in [0.05, 0.1) is 29.7 Å². The van der Waals surface area contributed by atoms with Gasteiger partial charge in [-0.3, -0.25) is 4.79 Å². The quantitative estimate of drug-likeness (QED) is 0.618. The number of rotatable bonds is 5. The van der Waals surface area contributed by atoms with Gasteiger partial charge >= 0.3 is 0 Å². The molecule has 6 nitrogen and oxygen atoms in total. The van der Waals surface area contributed by atoms with Crippen LogP contribution in [0.5, 0.6) is 0 Å². The first-order valence-electron chi connectivity index (χ1n) is 9.75. The highest BCUT2D eigenvalue weighted by molar-refractivity contribution is 5.79. The predicted octanol–water partition coefficient (Wildman–Crippen LogP) is 1.89. The van der Waals surface area contributed by atoms with Gasteiger partial charge in [-0.1, -0.05) is 44.5 Å². The Hall–Kier alpha value is -3.41. The van der Waals surface area contributed by atoms with Gasteiger partial charge in [0.1, 0.15) is 0 Å². The molecular weight excluding hydrogens is 362 g/mol. The molecule has 150 valence electrons. The lowest BCUT2D eigenvalue weighted by Gasteiger charge is -2.39. The highest BCUT2D eigenvalue weighted by atomic mass is 16.1. The summed E-state index contributed by atoms with van der Waals surface area (Å²) in [6.45, 7) is 18.3. The summed E-state index contributed by atoms with van der Waals surface area (Å²) in [5.41, 5.74) is 14.4. The number of amides is 1. The normalized spacial score (nSPS) is 21.2. The van der Waals surface area contributed by atoms with Crippen molar-refractivity contribution in [2.75, 3.05) is 6.54 Å². The third-order valence-corrected chi connectivity index (χ3v) is 5.80. The minimum Gasteiger partial charge on any atom is -0.397 e. The molecule has 2 heterocycles. The van der Waals surface area contributed by atoms with Crippen molar-refractivity contribution in [3.63, 3.8) is 0 Å². The molecule has 1 aromatic carbocycles. The lowest BCUT2D eigenvalue weighted by atomic mass is 9.87. The molecule has 0 unspecified atom stereocenters. The highest BCUT2D eigenvalue weighted by Crippen LogP contribution is 2.38. The molecule has 29 heavy (non-hydrogen) atoms. The van der Waals surface area contributed by atoms with Crippen molar-refractivity contribution in [2.45, 2.75) is 32.0 Å². The van der Waals surface area contributed by atoms with E-state index >= 15 is 0 Å². The van der Waals surface area contributed by atoms with Crippen LogP contribution in [0.1, 0.15) is 23.1 Å². The van der Waals surface area contributed by atoms with E-state index in [1.807, 2.05) is 0 Å². The Labute approximate surface area is 171 Å². The predicted molar refractivity (Wildman–Crippen MR) is 115 cm³/mol. The fourth-order valence-corrected chi connectivity index (χ4v) is 4.07. The van der Waals surface area contributed by atoms with Gasteiger partial charge in [0.2, 0.25) is 5.91 Å². The lowest BCUT2D eigenvalue weighted by Crippen LogP contribution is -2.48. The first-order chi connectivity index (χ1) is 13.8. The Morgan fingerprint density at radius 3 is 2.76 bits per heavy atom. The number of benzene rings is 1. The first-order valence-corrected chi connectivity index (χ1v) is 9.75. The van der Waals surface area contributed by atoms with Gasteiger partial charge in [-0.25, -0.2) is 0 Å². The monoisotopic (exact) mass is 389 g/mol. The summed E-state index contributed by atoms with van der Waals surface area (Å²) in [4.78, 5) is 14.0. The summed E-state index contributed by atoms with van der Waals surface area (Å²) >= 11 is 0. The zero-order valence-corrected chi connectivity index (χ0v) is 16.6. The molecule has 1 atom stereocenters. The SMILES string of the molecule is C=C1NC(=O)C[C@H](C(=C)NCc2ccc3c(c2)CN(C2=C(N)C(=C)C2=C)CC3)N1. The second-order valence-electron chi connectivity index (χ2n) is 7.80. The molecule has 1 amide bonds. The van der Waals surface area contributed by atoms with E-state index in [4.69, 9.17) is 5.73 Å². The van der Waals surface area contributed by atoms with E-state index < -0.39 is 0 Å². The summed E-state index contributed by atoms with van der Waals surface area (Å²) in [7, 11) is 0. The fourth-order valence-electron chi connectivity index (χ4n) is 4.07. The number of allylic oxidation sites excluding steroid dienone is 2. The lowest BCUT2D eigenvalue weighted by molar-refractivity contribution is -0.121. The van der Waals surface area contributed by atoms with Gasteiger partial charge in [0, 0.05) is 36.5 Å². The first kappa shape index (κ1) is 18.9. The highest BCUT2D eigenvalue weighted by Gasteiger charge is 2.30. The summed E-state index contributed by atoms with van der Waals surface area (Å²) < 4.78 is 0. The van der Waals surface area contributed by atoms with E-state index in [1.54, 1.807) is 0 Å². The van der Waals surface area contributed by atoms with Crippen LogP contribution in [-0.4, -0.2) is 23.4 Å². The Bertz CT molecular complexity index is 971. The molecule has 0 radical (unpaired) electrons. The van der Waals surface area contributed by atoms with Gasteiger partial charge in [0.15, 0.2) is 0 Å². The van der Waals surface area contributed by atoms with Gasteiger partial charge < -0.3 is 26.6 Å². The second kappa shape index (κ2) is 7.20. The van der Waals surface area contributed by atoms with Crippen LogP contribution in [-0.2, 0) is 24.3 Å². The summed E-state index contributed by atoms with van der Waals surface area (Å²) in [6.07, 6.45) is 1.32. The van der Waals surface area contributed by atoms with E-state index in [0.29, 0.717) is 18.8 Å². The number of nitrogens with zero attached hydrogens (tertiary/aromatic N) is 1. The number of nitrogens with two attached hydrogens (primary N) is 1. The number of hydrogen-bond donors (Lipinski definition) is 4. The van der Waals surface area contributed by atoms with Crippen molar-refractivity contribution in [2.24, 2.45) is 5.73 Å². The fraction of sp³-hybridized carbons (Fsp3) is 0.261. The average molecular weight is 390 g/mol. The van der Waals surface area contributed by atoms with Crippen molar-refractivity contribution in [3.05, 3.63) is 95.3 Å². The third-order valence-electron chi connectivity index (χ3n) is 5.80. The number of nitrogens with one attached hydrogen (secondary N) is 3. The Morgan fingerprint density at radius 1 is 1.24 bits per heavy atom. The van der Waals surface area contributed by atoms with E-state index in [1.165, 1.54) is 16.7 Å². The smallest absolute Gasteiger partial charge is 0.227 e. The van der Waals surface area contributed by atoms with Crippen molar-refractivity contribution < 1.29 is 4.79 Å². The molecule has 4 rings (SSSR count). The summed E-state index contributed by atoms with van der Waals surface area (Å²) in [5.74, 6) is 0.460. The van der Waals surface area contributed by atoms with E-state index in [-0.39, 0.29) is 11.9 Å². The van der Waals surface area contributed by atoms with Crippen molar-refractivity contribution in [1.29, 1.82) is 0 Å². The molecule has 1 aromatic rings. The number of fused-ring (bicyclic) bond motifs is 1. The zero-order valence-electron chi connectivity index (χ0n) is 16.6. The summed E-state index contributed by atoms with van der Waals surface area (Å²) in [6, 6.07) is 6.42. The molecular formula is C23H27N5O. The number of carbonyl (C=O) groups is 1. The Morgan fingerprint density at radius 2 is 2.03 bits per heavy atom. The Kier molecular flexibility index (Phi) is 4.70. The standard InChI is InChI=1S/C23H27N5O/c1-13-14(2)23(22(13)24)28-8-7-18-6-5-17(9-19(18)12-28)11-25-15(3)20-10-21(29)27-16(4)26-20/h5-6,9,20,25-26H,1-4,7-8,10-12,24H2,(H,27,29)/t20-/m1/s1. The van der Waals surface area contributed by atoms with Crippen molar-refractivity contribution in [1.82, 2.24) is 20.9 Å². The number of carbonyl (C=O) groups excluding carboxylic acids is 1. The van der Waals surface area contributed by atoms with Crippen molar-refractivity contribution in [3.8, 4) is 0 Å². The van der Waals surface area contributed by atoms with Gasteiger partial charge in [-0.2, -0.15) is 0 Å². The molecule has 3 aliphatic rings. The maximum Gasteiger partial charge on any atom is 0.227 e. The molecule has 1 aliphatic carbocycles. The molecule has 5 N–H and O–H groups in total. The molecule has 0 aromatic heterocycles. The molecule has 1 fully saturated rings. The van der Waals surface area contributed by atoms with Crippen molar-refractivity contribution >= 4 is 5.91 Å². The molecule has 1 saturated heterocycles. The van der Waals surface area contributed by atoms with Gasteiger partial charge in [-0.15, -0.1) is 0 Å². The zero-order chi connectivity index (χ0) is 20.7. The van der Waals surface area contributed by atoms with Crippen LogP contribution in [0.3, 0.4) is 0 Å². The third kappa shape index (κ3) is 3.53. The topological polar surface area (TPSA) is 82.4 Å². The second-order valence-corrected chi connectivity index (χ2v) is 7.80. The Balaban J connectivity index is 1.41.